The predicted octanol–water partition coefficient (Wildman–Crippen LogP) is 2.48. The second-order valence-electron chi connectivity index (χ2n) is 6.00. The molecule has 4 nitrogen and oxygen atoms in total. The molecule has 1 rings (SSSR count). The predicted molar refractivity (Wildman–Crippen MR) is 78.4 cm³/mol. The van der Waals surface area contributed by atoms with Gasteiger partial charge in [0.15, 0.2) is 0 Å². The summed E-state index contributed by atoms with van der Waals surface area (Å²) in [5, 5.41) is 12.9. The Balaban J connectivity index is 2.46. The summed E-state index contributed by atoms with van der Waals surface area (Å²) in [5.74, 6) is -0.687. The van der Waals surface area contributed by atoms with Crippen molar-refractivity contribution in [3.63, 3.8) is 0 Å². The molecular formula is C15H30N2O2. The van der Waals surface area contributed by atoms with Crippen molar-refractivity contribution >= 4 is 5.97 Å². The fourth-order valence-corrected chi connectivity index (χ4v) is 2.45. The molecule has 1 fully saturated rings. The SMILES string of the molecule is CCC(C)N(C)CCCC(CC)(NC1CC1)C(=O)O. The van der Waals surface area contributed by atoms with Crippen LogP contribution < -0.4 is 5.32 Å². The van der Waals surface area contributed by atoms with Crippen LogP contribution in [0.5, 0.6) is 0 Å². The molecule has 2 unspecified atom stereocenters. The molecule has 0 aromatic rings. The van der Waals surface area contributed by atoms with Gasteiger partial charge in [0.2, 0.25) is 0 Å². The van der Waals surface area contributed by atoms with Crippen molar-refractivity contribution in [3.8, 4) is 0 Å². The normalized spacial score (nSPS) is 20.3. The largest absolute Gasteiger partial charge is 0.480 e. The van der Waals surface area contributed by atoms with Crippen LogP contribution >= 0.6 is 0 Å². The average Bonchev–Trinajstić information content (AvgIpc) is 3.19. The van der Waals surface area contributed by atoms with Crippen molar-refractivity contribution in [1.82, 2.24) is 10.2 Å². The molecule has 1 aliphatic rings. The van der Waals surface area contributed by atoms with E-state index in [1.807, 2.05) is 6.92 Å². The van der Waals surface area contributed by atoms with E-state index in [1.54, 1.807) is 0 Å². The number of carboxylic acids is 1. The van der Waals surface area contributed by atoms with Gasteiger partial charge in [-0.05, 0) is 59.0 Å². The van der Waals surface area contributed by atoms with Crippen LogP contribution in [0.2, 0.25) is 0 Å². The summed E-state index contributed by atoms with van der Waals surface area (Å²) in [6.07, 6.45) is 5.70. The molecule has 4 heteroatoms. The molecule has 0 spiro atoms. The summed E-state index contributed by atoms with van der Waals surface area (Å²) in [6.45, 7) is 7.34. The van der Waals surface area contributed by atoms with Gasteiger partial charge in [0.25, 0.3) is 0 Å². The van der Waals surface area contributed by atoms with Gasteiger partial charge in [-0.3, -0.25) is 10.1 Å². The van der Waals surface area contributed by atoms with Crippen molar-refractivity contribution in [2.24, 2.45) is 0 Å². The Morgan fingerprint density at radius 1 is 1.47 bits per heavy atom. The van der Waals surface area contributed by atoms with Gasteiger partial charge in [-0.25, -0.2) is 0 Å². The van der Waals surface area contributed by atoms with Crippen LogP contribution in [-0.2, 0) is 4.79 Å². The lowest BCUT2D eigenvalue weighted by Gasteiger charge is -2.31. The third-order valence-electron chi connectivity index (χ3n) is 4.53. The molecule has 1 aliphatic carbocycles. The minimum Gasteiger partial charge on any atom is -0.480 e. The summed E-state index contributed by atoms with van der Waals surface area (Å²) in [5.41, 5.74) is -0.711. The Kier molecular flexibility index (Phi) is 6.27. The summed E-state index contributed by atoms with van der Waals surface area (Å²) >= 11 is 0. The first-order valence-electron chi connectivity index (χ1n) is 7.66. The van der Waals surface area contributed by atoms with Gasteiger partial charge in [-0.1, -0.05) is 13.8 Å². The van der Waals surface area contributed by atoms with E-state index >= 15 is 0 Å². The van der Waals surface area contributed by atoms with E-state index in [9.17, 15) is 9.90 Å². The Morgan fingerprint density at radius 3 is 2.53 bits per heavy atom. The standard InChI is InChI=1S/C15H30N2O2/c1-5-12(3)17(4)11-7-10-15(6-2,14(18)19)16-13-8-9-13/h12-13,16H,5-11H2,1-4H3,(H,18,19). The zero-order chi connectivity index (χ0) is 14.5. The zero-order valence-electron chi connectivity index (χ0n) is 12.9. The van der Waals surface area contributed by atoms with Gasteiger partial charge < -0.3 is 10.0 Å². The maximum Gasteiger partial charge on any atom is 0.323 e. The first kappa shape index (κ1) is 16.4. The number of hydrogen-bond donors (Lipinski definition) is 2. The van der Waals surface area contributed by atoms with E-state index in [-0.39, 0.29) is 0 Å². The van der Waals surface area contributed by atoms with Crippen molar-refractivity contribution < 1.29 is 9.90 Å². The molecule has 2 atom stereocenters. The fourth-order valence-electron chi connectivity index (χ4n) is 2.45. The van der Waals surface area contributed by atoms with Crippen LogP contribution in [0.1, 0.15) is 59.3 Å². The maximum absolute atomic E-state index is 11.6. The van der Waals surface area contributed by atoms with Gasteiger partial charge in [-0.2, -0.15) is 0 Å². The van der Waals surface area contributed by atoms with Gasteiger partial charge >= 0.3 is 5.97 Å². The third kappa shape index (κ3) is 4.77. The second kappa shape index (κ2) is 7.25. The quantitative estimate of drug-likeness (QED) is 0.640. The van der Waals surface area contributed by atoms with E-state index < -0.39 is 11.5 Å². The molecule has 0 heterocycles. The van der Waals surface area contributed by atoms with Crippen LogP contribution in [0.3, 0.4) is 0 Å². The Labute approximate surface area is 117 Å². The van der Waals surface area contributed by atoms with Crippen molar-refractivity contribution in [1.29, 1.82) is 0 Å². The van der Waals surface area contributed by atoms with Crippen LogP contribution in [0.4, 0.5) is 0 Å². The highest BCUT2D eigenvalue weighted by Gasteiger charge is 2.40. The molecule has 0 aromatic carbocycles. The van der Waals surface area contributed by atoms with E-state index in [0.29, 0.717) is 18.5 Å². The van der Waals surface area contributed by atoms with Crippen molar-refractivity contribution in [3.05, 3.63) is 0 Å². The van der Waals surface area contributed by atoms with Gasteiger partial charge in [0, 0.05) is 12.1 Å². The van der Waals surface area contributed by atoms with Crippen LogP contribution in [0.25, 0.3) is 0 Å². The molecule has 112 valence electrons. The van der Waals surface area contributed by atoms with Crippen molar-refractivity contribution in [2.75, 3.05) is 13.6 Å². The maximum atomic E-state index is 11.6. The smallest absolute Gasteiger partial charge is 0.323 e. The molecule has 0 saturated heterocycles. The number of carbonyl (C=O) groups is 1. The minimum absolute atomic E-state index is 0.434. The second-order valence-corrected chi connectivity index (χ2v) is 6.00. The van der Waals surface area contributed by atoms with Crippen LogP contribution in [0.15, 0.2) is 0 Å². The molecule has 0 aliphatic heterocycles. The highest BCUT2D eigenvalue weighted by atomic mass is 16.4. The minimum atomic E-state index is -0.711. The number of nitrogens with zero attached hydrogens (tertiary/aromatic N) is 1. The molecule has 0 radical (unpaired) electrons. The number of rotatable bonds is 10. The van der Waals surface area contributed by atoms with Gasteiger partial charge in [0.1, 0.15) is 5.54 Å². The third-order valence-corrected chi connectivity index (χ3v) is 4.53. The van der Waals surface area contributed by atoms with Crippen LogP contribution in [-0.4, -0.2) is 47.2 Å². The van der Waals surface area contributed by atoms with Gasteiger partial charge in [-0.15, -0.1) is 0 Å². The Hall–Kier alpha value is -0.610. The lowest BCUT2D eigenvalue weighted by molar-refractivity contribution is -0.145. The lowest BCUT2D eigenvalue weighted by atomic mass is 9.90. The number of hydrogen-bond acceptors (Lipinski definition) is 3. The van der Waals surface area contributed by atoms with E-state index in [1.165, 1.54) is 0 Å². The first-order valence-corrected chi connectivity index (χ1v) is 7.66. The zero-order valence-corrected chi connectivity index (χ0v) is 12.9. The number of nitrogens with one attached hydrogen (secondary N) is 1. The Bertz CT molecular complexity index is 292. The first-order chi connectivity index (χ1) is 8.95. The molecule has 19 heavy (non-hydrogen) atoms. The van der Waals surface area contributed by atoms with E-state index in [0.717, 1.165) is 38.6 Å². The Morgan fingerprint density at radius 2 is 2.11 bits per heavy atom. The molecule has 0 amide bonds. The molecular weight excluding hydrogens is 240 g/mol. The fraction of sp³-hybridized carbons (Fsp3) is 0.933. The monoisotopic (exact) mass is 270 g/mol. The van der Waals surface area contributed by atoms with Crippen molar-refractivity contribution in [2.45, 2.75) is 76.9 Å². The topological polar surface area (TPSA) is 52.6 Å². The summed E-state index contributed by atoms with van der Waals surface area (Å²) < 4.78 is 0. The molecule has 1 saturated carbocycles. The lowest BCUT2D eigenvalue weighted by Crippen LogP contribution is -2.53. The van der Waals surface area contributed by atoms with Gasteiger partial charge in [0.05, 0.1) is 0 Å². The average molecular weight is 270 g/mol. The molecule has 2 N–H and O–H groups in total. The van der Waals surface area contributed by atoms with E-state index in [4.69, 9.17) is 0 Å². The summed E-state index contributed by atoms with van der Waals surface area (Å²) in [4.78, 5) is 13.9. The molecule has 0 bridgehead atoms. The summed E-state index contributed by atoms with van der Waals surface area (Å²) in [7, 11) is 2.12. The number of carboxylic acid groups (broad SMARTS) is 1. The molecule has 0 aromatic heterocycles. The highest BCUT2D eigenvalue weighted by molar-refractivity contribution is 5.78. The number of aliphatic carboxylic acids is 1. The summed E-state index contributed by atoms with van der Waals surface area (Å²) in [6, 6.07) is 1.00. The van der Waals surface area contributed by atoms with Crippen LogP contribution in [0, 0.1) is 0 Å². The van der Waals surface area contributed by atoms with E-state index in [2.05, 4.69) is 31.1 Å². The highest BCUT2D eigenvalue weighted by Crippen LogP contribution is 2.27.